The highest BCUT2D eigenvalue weighted by molar-refractivity contribution is 7.45. The Bertz CT molecular complexity index is 1140. The van der Waals surface area contributed by atoms with Gasteiger partial charge in [0.25, 0.3) is 7.82 Å². The predicted molar refractivity (Wildman–Crippen MR) is 232 cm³/mol. The van der Waals surface area contributed by atoms with Gasteiger partial charge in [-0.05, 0) is 38.2 Å². The quantitative estimate of drug-likeness (QED) is 0.0153. The lowest BCUT2D eigenvalue weighted by molar-refractivity contribution is -0.870. The number of phosphoric acid groups is 1. The maximum Gasteiger partial charge on any atom is 0.306 e. The second-order valence-corrected chi connectivity index (χ2v) is 19.0. The zero-order valence-corrected chi connectivity index (χ0v) is 38.4. The molecule has 0 aromatic heterocycles. The Balaban J connectivity index is 2.42. The Hall–Kier alpha value is -1.59. The highest BCUT2D eigenvalue weighted by atomic mass is 31.2. The van der Waals surface area contributed by atoms with E-state index in [1.807, 2.05) is 33.3 Å². The third-order valence-corrected chi connectivity index (χ3v) is 11.9. The molecule has 1 aliphatic rings. The molecule has 0 saturated heterocycles. The SMILES string of the molecule is CCCCCCCCCCCCCCCC/C=C/OC[C@H](COP(=O)([O-])OCC[N+](C)(C)C)OC(=O)CCCCCC[C@H]1C(=O)C[C@@H](O)[C@@H]1/C=C/[C@@H](O)CCCCC. The third-order valence-electron chi connectivity index (χ3n) is 11.0. The lowest BCUT2D eigenvalue weighted by atomic mass is 9.88. The molecule has 1 saturated carbocycles. The molecule has 0 aliphatic heterocycles. The van der Waals surface area contributed by atoms with E-state index in [0.717, 1.165) is 51.4 Å². The fraction of sp³-hybridized carbons (Fsp3) is 0.870. The number of likely N-dealkylation sites (N-methyl/N-ethyl adjacent to an activating group) is 1. The van der Waals surface area contributed by atoms with Gasteiger partial charge in [-0.1, -0.05) is 148 Å². The van der Waals surface area contributed by atoms with E-state index in [9.17, 15) is 29.3 Å². The van der Waals surface area contributed by atoms with Crippen molar-refractivity contribution in [1.29, 1.82) is 0 Å². The second kappa shape index (κ2) is 34.0. The number of nitrogens with zero attached hydrogens (tertiary/aromatic N) is 1. The number of Topliss-reactive ketones (excluding diaryl/α,β-unsaturated/α-hetero) is 1. The monoisotopic (exact) mass is 844 g/mol. The standard InChI is InChI=1S/C46H86NO10P/c1-6-8-10-11-12-13-14-15-16-17-18-19-20-21-24-28-35-54-38-41(39-56-58(52,53)55-36-34-47(3,4)5)57-46(51)31-27-23-22-26-30-42-43(45(50)37-44(42)49)33-32-40(48)29-25-9-7-2/h28,32-33,35,40-43,45,48,50H,6-27,29-31,34,36-39H2,1-5H3/b33-32+,35-28+/t40-,41+,42+,43+,45+/m0/s1. The highest BCUT2D eigenvalue weighted by Crippen LogP contribution is 2.38. The van der Waals surface area contributed by atoms with Gasteiger partial charge >= 0.3 is 5.97 Å². The number of aliphatic hydroxyl groups is 2. The summed E-state index contributed by atoms with van der Waals surface area (Å²) in [7, 11) is 1.18. The van der Waals surface area contributed by atoms with Gasteiger partial charge in [0.1, 0.15) is 25.5 Å². The van der Waals surface area contributed by atoms with Gasteiger partial charge in [0.2, 0.25) is 0 Å². The van der Waals surface area contributed by atoms with Gasteiger partial charge in [-0.3, -0.25) is 14.2 Å². The molecular weight excluding hydrogens is 757 g/mol. The number of ether oxygens (including phenoxy) is 2. The molecule has 0 aromatic rings. The first-order valence-electron chi connectivity index (χ1n) is 23.2. The van der Waals surface area contributed by atoms with Crippen LogP contribution in [0.25, 0.3) is 0 Å². The Morgan fingerprint density at radius 2 is 1.40 bits per heavy atom. The van der Waals surface area contributed by atoms with Gasteiger partial charge < -0.3 is 38.1 Å². The molecule has 58 heavy (non-hydrogen) atoms. The summed E-state index contributed by atoms with van der Waals surface area (Å²) >= 11 is 0. The first-order chi connectivity index (χ1) is 27.8. The molecule has 1 fully saturated rings. The van der Waals surface area contributed by atoms with E-state index in [1.54, 1.807) is 12.3 Å². The Labute approximate surface area is 353 Å². The molecule has 6 atom stereocenters. The average Bonchev–Trinajstić information content (AvgIpc) is 3.43. The molecule has 0 aromatic carbocycles. The predicted octanol–water partition coefficient (Wildman–Crippen LogP) is 9.91. The molecule has 1 rings (SSSR count). The van der Waals surface area contributed by atoms with E-state index >= 15 is 0 Å². The molecular formula is C46H86NO10P. The van der Waals surface area contributed by atoms with Crippen LogP contribution in [0.15, 0.2) is 24.5 Å². The van der Waals surface area contributed by atoms with Gasteiger partial charge in [-0.25, -0.2) is 0 Å². The number of phosphoric ester groups is 1. The number of esters is 1. The topological polar surface area (TPSA) is 152 Å². The van der Waals surface area contributed by atoms with Crippen LogP contribution in [-0.2, 0) is 32.7 Å². The van der Waals surface area contributed by atoms with Crippen LogP contribution in [0.5, 0.6) is 0 Å². The van der Waals surface area contributed by atoms with Crippen LogP contribution >= 0.6 is 7.82 Å². The van der Waals surface area contributed by atoms with E-state index in [4.69, 9.17) is 18.5 Å². The van der Waals surface area contributed by atoms with Gasteiger partial charge in [0.05, 0.1) is 46.2 Å². The second-order valence-electron chi connectivity index (χ2n) is 17.6. The van der Waals surface area contributed by atoms with Crippen molar-refractivity contribution in [3.63, 3.8) is 0 Å². The highest BCUT2D eigenvalue weighted by Gasteiger charge is 2.39. The molecule has 2 N–H and O–H groups in total. The molecule has 0 heterocycles. The number of carbonyl (C=O) groups excluding carboxylic acids is 2. The van der Waals surface area contributed by atoms with Crippen molar-refractivity contribution in [3.05, 3.63) is 24.5 Å². The number of rotatable bonds is 39. The average molecular weight is 844 g/mol. The minimum absolute atomic E-state index is 0.0255. The first kappa shape index (κ1) is 54.4. The smallest absolute Gasteiger partial charge is 0.306 e. The van der Waals surface area contributed by atoms with Gasteiger partial charge in [-0.2, -0.15) is 0 Å². The summed E-state index contributed by atoms with van der Waals surface area (Å²) < 4.78 is 34.3. The Morgan fingerprint density at radius 1 is 0.828 bits per heavy atom. The molecule has 0 radical (unpaired) electrons. The Kier molecular flexibility index (Phi) is 32.0. The zero-order chi connectivity index (χ0) is 42.9. The van der Waals surface area contributed by atoms with Crippen LogP contribution in [0, 0.1) is 11.8 Å². The van der Waals surface area contributed by atoms with Gasteiger partial charge in [-0.15, -0.1) is 0 Å². The minimum atomic E-state index is -4.61. The normalized spacial score (nSPS) is 19.6. The zero-order valence-electron chi connectivity index (χ0n) is 37.5. The van der Waals surface area contributed by atoms with Crippen molar-refractivity contribution in [3.8, 4) is 0 Å². The van der Waals surface area contributed by atoms with Gasteiger partial charge in [0, 0.05) is 24.7 Å². The summed E-state index contributed by atoms with van der Waals surface area (Å²) in [4.78, 5) is 37.8. The van der Waals surface area contributed by atoms with Crippen LogP contribution in [0.3, 0.4) is 0 Å². The Morgan fingerprint density at radius 3 is 2.02 bits per heavy atom. The number of aliphatic hydroxyl groups excluding tert-OH is 2. The number of hydrogen-bond acceptors (Lipinski definition) is 10. The van der Waals surface area contributed by atoms with Crippen LogP contribution in [-0.4, -0.2) is 92.3 Å². The van der Waals surface area contributed by atoms with Crippen LogP contribution < -0.4 is 4.89 Å². The largest absolute Gasteiger partial charge is 0.756 e. The van der Waals surface area contributed by atoms with Crippen molar-refractivity contribution >= 4 is 19.6 Å². The first-order valence-corrected chi connectivity index (χ1v) is 24.7. The number of hydrogen-bond donors (Lipinski definition) is 2. The van der Waals surface area contributed by atoms with Crippen LogP contribution in [0.1, 0.15) is 181 Å². The number of ketones is 1. The summed E-state index contributed by atoms with van der Waals surface area (Å²) in [6, 6.07) is 0. The van der Waals surface area contributed by atoms with E-state index in [2.05, 4.69) is 13.8 Å². The fourth-order valence-electron chi connectivity index (χ4n) is 7.29. The molecule has 12 heteroatoms. The number of allylic oxidation sites excluding steroid dienone is 1. The summed E-state index contributed by atoms with van der Waals surface area (Å²) in [5.74, 6) is -0.947. The summed E-state index contributed by atoms with van der Waals surface area (Å²) in [6.07, 6.45) is 31.8. The van der Waals surface area contributed by atoms with Crippen molar-refractivity contribution < 1.29 is 52.3 Å². The molecule has 0 spiro atoms. The van der Waals surface area contributed by atoms with Crippen molar-refractivity contribution in [2.45, 2.75) is 199 Å². The summed E-state index contributed by atoms with van der Waals surface area (Å²) in [5, 5.41) is 20.8. The van der Waals surface area contributed by atoms with Crippen LogP contribution in [0.2, 0.25) is 0 Å². The van der Waals surface area contributed by atoms with E-state index in [-0.39, 0.29) is 43.7 Å². The molecule has 0 bridgehead atoms. The maximum absolute atomic E-state index is 12.8. The third kappa shape index (κ3) is 30.4. The van der Waals surface area contributed by atoms with E-state index < -0.39 is 38.7 Å². The molecule has 340 valence electrons. The lowest BCUT2D eigenvalue weighted by Gasteiger charge is -2.28. The van der Waals surface area contributed by atoms with E-state index in [0.29, 0.717) is 30.3 Å². The number of unbranched alkanes of at least 4 members (excludes halogenated alkanes) is 19. The van der Waals surface area contributed by atoms with Crippen molar-refractivity contribution in [1.82, 2.24) is 0 Å². The lowest BCUT2D eigenvalue weighted by Crippen LogP contribution is -2.37. The minimum Gasteiger partial charge on any atom is -0.756 e. The summed E-state index contributed by atoms with van der Waals surface area (Å²) in [5.41, 5.74) is 0. The van der Waals surface area contributed by atoms with Gasteiger partial charge in [0.15, 0.2) is 6.10 Å². The van der Waals surface area contributed by atoms with E-state index in [1.165, 1.54) is 83.5 Å². The van der Waals surface area contributed by atoms with Crippen LogP contribution in [0.4, 0.5) is 0 Å². The number of carbonyl (C=O) groups is 2. The molecule has 0 amide bonds. The fourth-order valence-corrected chi connectivity index (χ4v) is 8.02. The molecule has 1 aliphatic carbocycles. The molecule has 1 unspecified atom stereocenters. The van der Waals surface area contributed by atoms with Crippen molar-refractivity contribution in [2.24, 2.45) is 11.8 Å². The summed E-state index contributed by atoms with van der Waals surface area (Å²) in [6.45, 7) is 4.37. The maximum atomic E-state index is 12.8. The molecule has 11 nitrogen and oxygen atoms in total. The van der Waals surface area contributed by atoms with Crippen molar-refractivity contribution in [2.75, 3.05) is 47.5 Å². The number of quaternary nitrogens is 1.